The Kier molecular flexibility index (Phi) is 6.73. The molecule has 2 unspecified atom stereocenters. The summed E-state index contributed by atoms with van der Waals surface area (Å²) < 4.78 is 28.2. The highest BCUT2D eigenvalue weighted by molar-refractivity contribution is 7.86. The molecule has 1 saturated heterocycles. The number of hydrogen-bond acceptors (Lipinski definition) is 3. The van der Waals surface area contributed by atoms with Crippen molar-refractivity contribution in [2.75, 3.05) is 40.3 Å². The van der Waals surface area contributed by atoms with Crippen LogP contribution in [0.2, 0.25) is 0 Å². The second kappa shape index (κ2) is 7.57. The average molecular weight is 291 g/mol. The van der Waals surface area contributed by atoms with Gasteiger partial charge in [0.05, 0.1) is 0 Å². The van der Waals surface area contributed by atoms with Gasteiger partial charge in [-0.15, -0.1) is 0 Å². The summed E-state index contributed by atoms with van der Waals surface area (Å²) in [5.74, 6) is 0.836. The van der Waals surface area contributed by atoms with Crippen LogP contribution in [0.25, 0.3) is 0 Å². The number of piperidine rings is 1. The molecule has 1 rings (SSSR count). The number of rotatable bonds is 7. The quantitative estimate of drug-likeness (QED) is 0.765. The molecule has 2 atom stereocenters. The van der Waals surface area contributed by atoms with Crippen LogP contribution in [0.1, 0.15) is 33.1 Å². The van der Waals surface area contributed by atoms with E-state index in [4.69, 9.17) is 0 Å². The predicted molar refractivity (Wildman–Crippen MR) is 79.2 cm³/mol. The third-order valence-corrected chi connectivity index (χ3v) is 5.88. The molecule has 1 fully saturated rings. The van der Waals surface area contributed by atoms with Crippen LogP contribution < -0.4 is 5.32 Å². The summed E-state index contributed by atoms with van der Waals surface area (Å²) in [5.41, 5.74) is 0. The van der Waals surface area contributed by atoms with E-state index in [1.165, 1.54) is 4.31 Å². The molecular formula is C13H29N3O2S. The lowest BCUT2D eigenvalue weighted by molar-refractivity contribution is 0.245. The molecule has 6 heteroatoms. The van der Waals surface area contributed by atoms with Crippen molar-refractivity contribution < 1.29 is 8.42 Å². The maximum atomic E-state index is 12.5. The minimum Gasteiger partial charge on any atom is -0.319 e. The van der Waals surface area contributed by atoms with E-state index in [0.29, 0.717) is 31.5 Å². The molecule has 0 amide bonds. The third kappa shape index (κ3) is 4.70. The molecule has 0 aromatic heterocycles. The van der Waals surface area contributed by atoms with E-state index >= 15 is 0 Å². The van der Waals surface area contributed by atoms with Crippen molar-refractivity contribution in [1.29, 1.82) is 0 Å². The van der Waals surface area contributed by atoms with E-state index in [0.717, 1.165) is 25.8 Å². The lowest BCUT2D eigenvalue weighted by atomic mass is 10.00. The van der Waals surface area contributed by atoms with Gasteiger partial charge in [0.2, 0.25) is 0 Å². The van der Waals surface area contributed by atoms with Gasteiger partial charge in [-0.25, -0.2) is 0 Å². The third-order valence-electron chi connectivity index (χ3n) is 3.96. The summed E-state index contributed by atoms with van der Waals surface area (Å²) in [6, 6.07) is 0. The number of hydrogen-bond donors (Lipinski definition) is 1. The smallest absolute Gasteiger partial charge is 0.281 e. The van der Waals surface area contributed by atoms with Crippen molar-refractivity contribution in [3.05, 3.63) is 0 Å². The first-order valence-electron chi connectivity index (χ1n) is 7.27. The fourth-order valence-electron chi connectivity index (χ4n) is 2.55. The maximum Gasteiger partial charge on any atom is 0.281 e. The van der Waals surface area contributed by atoms with Crippen LogP contribution in [0.15, 0.2) is 0 Å². The molecular weight excluding hydrogens is 262 g/mol. The van der Waals surface area contributed by atoms with Crippen LogP contribution in [0, 0.1) is 11.8 Å². The first-order chi connectivity index (χ1) is 8.91. The van der Waals surface area contributed by atoms with E-state index in [9.17, 15) is 8.42 Å². The Labute approximate surface area is 118 Å². The normalized spacial score (nSPS) is 23.7. The molecule has 1 heterocycles. The van der Waals surface area contributed by atoms with Gasteiger partial charge in [-0.1, -0.05) is 20.3 Å². The van der Waals surface area contributed by atoms with Crippen LogP contribution >= 0.6 is 0 Å². The summed E-state index contributed by atoms with van der Waals surface area (Å²) in [7, 11) is 0.337. The van der Waals surface area contributed by atoms with Crippen LogP contribution in [0.4, 0.5) is 0 Å². The second-order valence-electron chi connectivity index (χ2n) is 5.73. The van der Waals surface area contributed by atoms with Crippen LogP contribution in [0.3, 0.4) is 0 Å². The zero-order chi connectivity index (χ0) is 14.5. The zero-order valence-corrected chi connectivity index (χ0v) is 13.5. The molecule has 0 saturated carbocycles. The first kappa shape index (κ1) is 16.9. The Morgan fingerprint density at radius 2 is 2.16 bits per heavy atom. The van der Waals surface area contributed by atoms with Gasteiger partial charge in [-0.05, 0) is 38.3 Å². The predicted octanol–water partition coefficient (Wildman–Crippen LogP) is 1.14. The van der Waals surface area contributed by atoms with Crippen molar-refractivity contribution in [2.24, 2.45) is 11.8 Å². The molecule has 0 spiro atoms. The second-order valence-corrected chi connectivity index (χ2v) is 7.76. The fraction of sp³-hybridized carbons (Fsp3) is 1.00. The first-order valence-corrected chi connectivity index (χ1v) is 8.67. The minimum atomic E-state index is -3.28. The minimum absolute atomic E-state index is 0.401. The largest absolute Gasteiger partial charge is 0.319 e. The molecule has 114 valence electrons. The van der Waals surface area contributed by atoms with Gasteiger partial charge in [0.25, 0.3) is 10.2 Å². The maximum absolute atomic E-state index is 12.5. The highest BCUT2D eigenvalue weighted by Gasteiger charge is 2.31. The van der Waals surface area contributed by atoms with Crippen LogP contribution in [-0.2, 0) is 10.2 Å². The van der Waals surface area contributed by atoms with E-state index in [1.807, 2.05) is 7.05 Å². The highest BCUT2D eigenvalue weighted by atomic mass is 32.2. The Balaban J connectivity index is 2.65. The molecule has 1 aliphatic rings. The van der Waals surface area contributed by atoms with Crippen LogP contribution in [-0.4, -0.2) is 57.3 Å². The number of nitrogens with one attached hydrogen (secondary N) is 1. The van der Waals surface area contributed by atoms with Crippen LogP contribution in [0.5, 0.6) is 0 Å². The van der Waals surface area contributed by atoms with Crippen molar-refractivity contribution in [2.45, 2.75) is 33.1 Å². The van der Waals surface area contributed by atoms with Crippen molar-refractivity contribution in [3.8, 4) is 0 Å². The van der Waals surface area contributed by atoms with E-state index in [1.54, 1.807) is 11.4 Å². The Morgan fingerprint density at radius 3 is 2.74 bits per heavy atom. The van der Waals surface area contributed by atoms with Gasteiger partial charge in [0.15, 0.2) is 0 Å². The van der Waals surface area contributed by atoms with Gasteiger partial charge < -0.3 is 5.32 Å². The SMILES string of the molecule is CCC(C)CN(C)S(=O)(=O)N1CCCC(CNC)C1. The number of nitrogens with zero attached hydrogens (tertiary/aromatic N) is 2. The van der Waals surface area contributed by atoms with Crippen molar-refractivity contribution in [1.82, 2.24) is 13.9 Å². The molecule has 0 bridgehead atoms. The molecule has 5 nitrogen and oxygen atoms in total. The standard InChI is InChI=1S/C13H29N3O2S/c1-5-12(2)10-15(4)19(17,18)16-8-6-7-13(11-16)9-14-3/h12-14H,5-11H2,1-4H3. The van der Waals surface area contributed by atoms with E-state index in [-0.39, 0.29) is 0 Å². The lowest BCUT2D eigenvalue weighted by Crippen LogP contribution is -2.48. The topological polar surface area (TPSA) is 52.7 Å². The molecule has 1 aliphatic heterocycles. The van der Waals surface area contributed by atoms with Crippen molar-refractivity contribution >= 4 is 10.2 Å². The summed E-state index contributed by atoms with van der Waals surface area (Å²) in [5, 5.41) is 3.14. The summed E-state index contributed by atoms with van der Waals surface area (Å²) in [6.45, 7) is 6.98. The van der Waals surface area contributed by atoms with Crippen molar-refractivity contribution in [3.63, 3.8) is 0 Å². The molecule has 0 radical (unpaired) electrons. The average Bonchev–Trinajstić information content (AvgIpc) is 2.39. The Bertz CT molecular complexity index is 357. The van der Waals surface area contributed by atoms with Gasteiger partial charge in [-0.3, -0.25) is 0 Å². The lowest BCUT2D eigenvalue weighted by Gasteiger charge is -2.35. The summed E-state index contributed by atoms with van der Waals surface area (Å²) in [4.78, 5) is 0. The summed E-state index contributed by atoms with van der Waals surface area (Å²) >= 11 is 0. The van der Waals surface area contributed by atoms with E-state index in [2.05, 4.69) is 19.2 Å². The molecule has 0 aromatic carbocycles. The Morgan fingerprint density at radius 1 is 1.47 bits per heavy atom. The van der Waals surface area contributed by atoms with Gasteiger partial charge in [0.1, 0.15) is 0 Å². The van der Waals surface area contributed by atoms with Gasteiger partial charge >= 0.3 is 0 Å². The highest BCUT2D eigenvalue weighted by Crippen LogP contribution is 2.20. The summed E-state index contributed by atoms with van der Waals surface area (Å²) in [6.07, 6.45) is 3.08. The zero-order valence-electron chi connectivity index (χ0n) is 12.7. The van der Waals surface area contributed by atoms with Gasteiger partial charge in [0, 0.05) is 26.7 Å². The molecule has 19 heavy (non-hydrogen) atoms. The molecule has 0 aliphatic carbocycles. The van der Waals surface area contributed by atoms with E-state index < -0.39 is 10.2 Å². The monoisotopic (exact) mass is 291 g/mol. The molecule has 0 aromatic rings. The fourth-order valence-corrected chi connectivity index (χ4v) is 4.15. The molecule has 1 N–H and O–H groups in total. The van der Waals surface area contributed by atoms with Gasteiger partial charge in [-0.2, -0.15) is 17.0 Å². The Hall–Kier alpha value is -0.170.